The minimum absolute atomic E-state index is 0.151. The van der Waals surface area contributed by atoms with Crippen LogP contribution in [-0.2, 0) is 16.8 Å². The number of benzene rings is 3. The third-order valence-corrected chi connectivity index (χ3v) is 8.66. The van der Waals surface area contributed by atoms with Gasteiger partial charge in [-0.25, -0.2) is 5.01 Å². The van der Waals surface area contributed by atoms with Crippen molar-refractivity contribution in [2.24, 2.45) is 0 Å². The van der Waals surface area contributed by atoms with E-state index in [9.17, 15) is 9.59 Å². The van der Waals surface area contributed by atoms with Gasteiger partial charge in [0.15, 0.2) is 0 Å². The van der Waals surface area contributed by atoms with Crippen LogP contribution < -0.4 is 0 Å². The van der Waals surface area contributed by atoms with E-state index in [-0.39, 0.29) is 17.9 Å². The van der Waals surface area contributed by atoms with Gasteiger partial charge in [-0.2, -0.15) is 0 Å². The van der Waals surface area contributed by atoms with E-state index in [1.807, 2.05) is 28.1 Å². The molecule has 37 heavy (non-hydrogen) atoms. The minimum atomic E-state index is -0.665. The van der Waals surface area contributed by atoms with Crippen LogP contribution in [0.4, 0.5) is 0 Å². The SMILES string of the molecule is CCCC1(C(=O)N(CC)N2CCC(N3Cc4ccccc4C3=O)CC2)c2ccccc2-c2ccccc21. The topological polar surface area (TPSA) is 43.9 Å². The van der Waals surface area contributed by atoms with Crippen molar-refractivity contribution >= 4 is 11.8 Å². The van der Waals surface area contributed by atoms with Gasteiger partial charge in [0.1, 0.15) is 5.41 Å². The number of fused-ring (bicyclic) bond motifs is 4. The predicted octanol–water partition coefficient (Wildman–Crippen LogP) is 5.64. The molecular weight excluding hydrogens is 458 g/mol. The molecule has 0 unspecified atom stereocenters. The summed E-state index contributed by atoms with van der Waals surface area (Å²) in [6.07, 6.45) is 3.45. The molecule has 190 valence electrons. The van der Waals surface area contributed by atoms with E-state index < -0.39 is 5.41 Å². The quantitative estimate of drug-likeness (QED) is 0.447. The molecule has 5 heteroatoms. The lowest BCUT2D eigenvalue weighted by atomic mass is 9.73. The molecule has 1 saturated heterocycles. The van der Waals surface area contributed by atoms with Crippen molar-refractivity contribution in [1.82, 2.24) is 14.9 Å². The third kappa shape index (κ3) is 3.63. The lowest BCUT2D eigenvalue weighted by Gasteiger charge is -2.45. The molecule has 0 spiro atoms. The van der Waals surface area contributed by atoms with E-state index in [2.05, 4.69) is 73.5 Å². The van der Waals surface area contributed by atoms with Crippen LogP contribution in [0.15, 0.2) is 72.8 Å². The van der Waals surface area contributed by atoms with E-state index in [1.165, 1.54) is 11.1 Å². The van der Waals surface area contributed by atoms with Crippen molar-refractivity contribution in [2.75, 3.05) is 19.6 Å². The molecule has 1 aliphatic carbocycles. The van der Waals surface area contributed by atoms with Crippen LogP contribution in [0.5, 0.6) is 0 Å². The summed E-state index contributed by atoms with van der Waals surface area (Å²) >= 11 is 0. The zero-order chi connectivity index (χ0) is 25.6. The maximum absolute atomic E-state index is 14.7. The standard InChI is InChI=1S/C32H35N3O2/c1-3-19-32(28-15-9-7-13-26(28)27-14-8-10-16-29(27)32)31(37)35(4-2)33-20-17-24(18-21-33)34-22-23-11-5-6-12-25(23)30(34)36/h5-16,24H,3-4,17-22H2,1-2H3. The summed E-state index contributed by atoms with van der Waals surface area (Å²) in [7, 11) is 0. The highest BCUT2D eigenvalue weighted by Gasteiger charge is 2.51. The van der Waals surface area contributed by atoms with Gasteiger partial charge < -0.3 is 4.90 Å². The van der Waals surface area contributed by atoms with Crippen molar-refractivity contribution in [1.29, 1.82) is 0 Å². The molecule has 2 heterocycles. The van der Waals surface area contributed by atoms with Gasteiger partial charge in [-0.15, -0.1) is 0 Å². The zero-order valence-electron chi connectivity index (χ0n) is 21.8. The number of carbonyl (C=O) groups excluding carboxylic acids is 2. The van der Waals surface area contributed by atoms with Gasteiger partial charge in [-0.3, -0.25) is 14.6 Å². The number of hydrogen-bond donors (Lipinski definition) is 0. The largest absolute Gasteiger partial charge is 0.331 e. The Kier molecular flexibility index (Phi) is 6.12. The summed E-state index contributed by atoms with van der Waals surface area (Å²) in [4.78, 5) is 29.8. The molecule has 3 aliphatic rings. The number of nitrogens with zero attached hydrogens (tertiary/aromatic N) is 3. The molecule has 0 aromatic heterocycles. The maximum atomic E-state index is 14.7. The molecule has 3 aromatic carbocycles. The minimum Gasteiger partial charge on any atom is -0.331 e. The van der Waals surface area contributed by atoms with E-state index in [0.29, 0.717) is 13.1 Å². The lowest BCUT2D eigenvalue weighted by Crippen LogP contribution is -2.57. The van der Waals surface area contributed by atoms with Crippen LogP contribution in [0.25, 0.3) is 11.1 Å². The number of likely N-dealkylation sites (N-methyl/N-ethyl adjacent to an activating group) is 1. The second-order valence-electron chi connectivity index (χ2n) is 10.5. The second kappa shape index (κ2) is 9.46. The molecule has 0 atom stereocenters. The molecular formula is C32H35N3O2. The van der Waals surface area contributed by atoms with Crippen LogP contribution in [0.1, 0.15) is 66.6 Å². The van der Waals surface area contributed by atoms with Crippen molar-refractivity contribution in [2.45, 2.75) is 57.5 Å². The summed E-state index contributed by atoms with van der Waals surface area (Å²) in [6, 6.07) is 25.1. The van der Waals surface area contributed by atoms with E-state index in [0.717, 1.165) is 61.0 Å². The molecule has 0 bridgehead atoms. The Balaban J connectivity index is 1.26. The van der Waals surface area contributed by atoms with Gasteiger partial charge in [0.25, 0.3) is 11.8 Å². The molecule has 0 saturated carbocycles. The van der Waals surface area contributed by atoms with Gasteiger partial charge in [0.05, 0.1) is 0 Å². The van der Waals surface area contributed by atoms with Crippen molar-refractivity contribution in [3.63, 3.8) is 0 Å². The smallest absolute Gasteiger partial charge is 0.254 e. The first kappa shape index (κ1) is 23.9. The fraction of sp³-hybridized carbons (Fsp3) is 0.375. The van der Waals surface area contributed by atoms with E-state index in [4.69, 9.17) is 0 Å². The van der Waals surface area contributed by atoms with E-state index in [1.54, 1.807) is 0 Å². The van der Waals surface area contributed by atoms with Gasteiger partial charge in [0.2, 0.25) is 0 Å². The lowest BCUT2D eigenvalue weighted by molar-refractivity contribution is -0.157. The molecule has 0 radical (unpaired) electrons. The van der Waals surface area contributed by atoms with Crippen LogP contribution in [0, 0.1) is 0 Å². The summed E-state index contributed by atoms with van der Waals surface area (Å²) in [5.74, 6) is 0.330. The first-order valence-electron chi connectivity index (χ1n) is 13.7. The first-order valence-corrected chi connectivity index (χ1v) is 13.7. The predicted molar refractivity (Wildman–Crippen MR) is 146 cm³/mol. The van der Waals surface area contributed by atoms with Gasteiger partial charge in [0, 0.05) is 37.8 Å². The van der Waals surface area contributed by atoms with Gasteiger partial charge >= 0.3 is 0 Å². The van der Waals surface area contributed by atoms with Gasteiger partial charge in [-0.1, -0.05) is 80.1 Å². The maximum Gasteiger partial charge on any atom is 0.254 e. The Morgan fingerprint density at radius 3 is 2.00 bits per heavy atom. The Bertz CT molecular complexity index is 1300. The first-order chi connectivity index (χ1) is 18.1. The number of hydrogen-bond acceptors (Lipinski definition) is 3. The molecule has 0 N–H and O–H groups in total. The van der Waals surface area contributed by atoms with Crippen LogP contribution >= 0.6 is 0 Å². The summed E-state index contributed by atoms with van der Waals surface area (Å²) < 4.78 is 0. The van der Waals surface area contributed by atoms with Crippen LogP contribution in [0.2, 0.25) is 0 Å². The average molecular weight is 494 g/mol. The number of amides is 2. The fourth-order valence-corrected chi connectivity index (χ4v) is 6.98. The summed E-state index contributed by atoms with van der Waals surface area (Å²) in [6.45, 7) is 7.13. The highest BCUT2D eigenvalue weighted by Crippen LogP contribution is 2.52. The zero-order valence-corrected chi connectivity index (χ0v) is 21.8. The second-order valence-corrected chi connectivity index (χ2v) is 10.5. The molecule has 2 aliphatic heterocycles. The Labute approximate surface area is 219 Å². The van der Waals surface area contributed by atoms with Crippen LogP contribution in [0.3, 0.4) is 0 Å². The Morgan fingerprint density at radius 2 is 1.43 bits per heavy atom. The number of carbonyl (C=O) groups is 2. The van der Waals surface area contributed by atoms with Crippen molar-refractivity contribution in [3.8, 4) is 11.1 Å². The Hall–Kier alpha value is -3.44. The number of rotatable bonds is 6. The molecule has 6 rings (SSSR count). The molecule has 2 amide bonds. The number of hydrazine groups is 1. The highest BCUT2D eigenvalue weighted by atomic mass is 16.2. The molecule has 3 aromatic rings. The van der Waals surface area contributed by atoms with Crippen molar-refractivity contribution < 1.29 is 9.59 Å². The fourth-order valence-electron chi connectivity index (χ4n) is 6.98. The molecule has 5 nitrogen and oxygen atoms in total. The average Bonchev–Trinajstić information content (AvgIpc) is 3.43. The molecule has 1 fully saturated rings. The Morgan fingerprint density at radius 1 is 0.865 bits per heavy atom. The van der Waals surface area contributed by atoms with Gasteiger partial charge in [-0.05, 0) is 60.1 Å². The monoisotopic (exact) mass is 493 g/mol. The summed E-state index contributed by atoms with van der Waals surface area (Å²) in [5, 5.41) is 4.25. The highest BCUT2D eigenvalue weighted by molar-refractivity contribution is 6.00. The van der Waals surface area contributed by atoms with Crippen molar-refractivity contribution in [3.05, 3.63) is 95.1 Å². The summed E-state index contributed by atoms with van der Waals surface area (Å²) in [5.41, 5.74) is 5.94. The normalized spacial score (nSPS) is 18.4. The van der Waals surface area contributed by atoms with Crippen LogP contribution in [-0.4, -0.2) is 52.4 Å². The number of piperidine rings is 1. The third-order valence-electron chi connectivity index (χ3n) is 8.66. The van der Waals surface area contributed by atoms with E-state index >= 15 is 0 Å².